The summed E-state index contributed by atoms with van der Waals surface area (Å²) in [5.74, 6) is -0.643. The number of aromatic nitrogens is 1. The predicted octanol–water partition coefficient (Wildman–Crippen LogP) is 4.86. The van der Waals surface area contributed by atoms with Gasteiger partial charge in [-0.25, -0.2) is 9.59 Å². The highest BCUT2D eigenvalue weighted by Gasteiger charge is 2.32. The number of ether oxygens (including phenoxy) is 1. The largest absolute Gasteiger partial charge is 0.444 e. The van der Waals surface area contributed by atoms with Gasteiger partial charge in [0.15, 0.2) is 0 Å². The van der Waals surface area contributed by atoms with Crippen molar-refractivity contribution in [2.24, 2.45) is 5.92 Å². The van der Waals surface area contributed by atoms with Crippen LogP contribution in [0.4, 0.5) is 9.59 Å². The number of urea groups is 1. The number of hydrogen-bond acceptors (Lipinski definition) is 6. The Morgan fingerprint density at radius 2 is 1.43 bits per heavy atom. The molecule has 0 spiro atoms. The van der Waals surface area contributed by atoms with Crippen LogP contribution < -0.4 is 16.0 Å². The highest BCUT2D eigenvalue weighted by Crippen LogP contribution is 2.16. The Hall–Kier alpha value is -4.44. The van der Waals surface area contributed by atoms with Crippen LogP contribution in [0, 0.1) is 5.92 Å². The summed E-state index contributed by atoms with van der Waals surface area (Å²) in [6, 6.07) is 22.3. The Morgan fingerprint density at radius 1 is 0.848 bits per heavy atom. The van der Waals surface area contributed by atoms with E-state index in [2.05, 4.69) is 20.9 Å². The second kappa shape index (κ2) is 17.3. The molecule has 0 fully saturated rings. The molecule has 46 heavy (non-hydrogen) atoms. The number of hydrogen-bond donors (Lipinski definition) is 4. The Bertz CT molecular complexity index is 1370. The number of aliphatic hydroxyl groups excluding tert-OH is 1. The van der Waals surface area contributed by atoms with Crippen LogP contribution in [0.25, 0.3) is 0 Å². The van der Waals surface area contributed by atoms with Crippen molar-refractivity contribution >= 4 is 18.0 Å². The summed E-state index contributed by atoms with van der Waals surface area (Å²) < 4.78 is 5.51. The molecule has 10 nitrogen and oxygen atoms in total. The van der Waals surface area contributed by atoms with Crippen LogP contribution in [0.3, 0.4) is 0 Å². The van der Waals surface area contributed by atoms with Crippen molar-refractivity contribution in [2.45, 2.75) is 90.3 Å². The summed E-state index contributed by atoms with van der Waals surface area (Å²) in [5.41, 5.74) is 1.94. The number of amides is 4. The van der Waals surface area contributed by atoms with E-state index in [9.17, 15) is 19.5 Å². The quantitative estimate of drug-likeness (QED) is 0.201. The predicted molar refractivity (Wildman–Crippen MR) is 179 cm³/mol. The van der Waals surface area contributed by atoms with E-state index in [4.69, 9.17) is 4.74 Å². The van der Waals surface area contributed by atoms with Crippen molar-refractivity contribution in [3.8, 4) is 0 Å². The zero-order valence-corrected chi connectivity index (χ0v) is 27.8. The zero-order chi connectivity index (χ0) is 33.7. The fourth-order valence-electron chi connectivity index (χ4n) is 5.03. The lowest BCUT2D eigenvalue weighted by Gasteiger charge is -2.31. The molecule has 1 aromatic heterocycles. The number of benzene rings is 2. The molecule has 1 heterocycles. The summed E-state index contributed by atoms with van der Waals surface area (Å²) >= 11 is 0. The van der Waals surface area contributed by atoms with E-state index in [1.165, 1.54) is 4.90 Å². The van der Waals surface area contributed by atoms with Crippen LogP contribution in [-0.2, 0) is 28.9 Å². The normalized spacial score (nSPS) is 14.0. The van der Waals surface area contributed by atoms with Crippen molar-refractivity contribution in [1.29, 1.82) is 0 Å². The maximum absolute atomic E-state index is 13.8. The first kappa shape index (κ1) is 36.0. The molecule has 0 radical (unpaired) electrons. The standard InChI is InChI=1S/C36H49N5O5/c1-25(2)32(40-34(44)41(6)24-28-19-13-14-20-37-28)33(43)39-30(22-27-17-11-8-12-18-27)31(42)23-29(21-26-15-9-7-10-16-26)38-35(45)46-36(3,4)5/h7-20,25,29-32,42H,21-24H2,1-6H3,(H,38,45)(H,39,43)(H,40,44)/t29-,30-,31-,32-/m0/s1. The number of carbonyl (C=O) groups excluding carboxylic acids is 3. The second-order valence-corrected chi connectivity index (χ2v) is 13.0. The van der Waals surface area contributed by atoms with Gasteiger partial charge in [0.1, 0.15) is 11.6 Å². The Labute approximate surface area is 273 Å². The van der Waals surface area contributed by atoms with E-state index in [1.807, 2.05) is 86.6 Å². The minimum absolute atomic E-state index is 0.150. The van der Waals surface area contributed by atoms with Gasteiger partial charge in [-0.2, -0.15) is 0 Å². The van der Waals surface area contributed by atoms with Gasteiger partial charge in [-0.05, 0) is 69.2 Å². The third kappa shape index (κ3) is 12.5. The summed E-state index contributed by atoms with van der Waals surface area (Å²) in [6.45, 7) is 9.36. The maximum Gasteiger partial charge on any atom is 0.407 e. The van der Waals surface area contributed by atoms with Crippen molar-refractivity contribution < 1.29 is 24.2 Å². The molecule has 4 atom stereocenters. The van der Waals surface area contributed by atoms with E-state index >= 15 is 0 Å². The topological polar surface area (TPSA) is 133 Å². The molecule has 3 aromatic rings. The van der Waals surface area contributed by atoms with Gasteiger partial charge in [0.05, 0.1) is 24.4 Å². The summed E-state index contributed by atoms with van der Waals surface area (Å²) in [5, 5.41) is 20.5. The molecular formula is C36H49N5O5. The molecular weight excluding hydrogens is 582 g/mol. The molecule has 0 unspecified atom stereocenters. The average molecular weight is 632 g/mol. The number of nitrogens with one attached hydrogen (secondary N) is 3. The molecule has 3 rings (SSSR count). The smallest absolute Gasteiger partial charge is 0.407 e. The minimum Gasteiger partial charge on any atom is -0.444 e. The maximum atomic E-state index is 13.8. The monoisotopic (exact) mass is 631 g/mol. The number of pyridine rings is 1. The molecule has 0 aliphatic heterocycles. The van der Waals surface area contributed by atoms with Gasteiger partial charge in [-0.3, -0.25) is 9.78 Å². The molecule has 4 amide bonds. The van der Waals surface area contributed by atoms with Crippen LogP contribution in [0.15, 0.2) is 85.1 Å². The average Bonchev–Trinajstić information content (AvgIpc) is 2.99. The molecule has 0 saturated heterocycles. The van der Waals surface area contributed by atoms with Gasteiger partial charge in [0, 0.05) is 19.3 Å². The SMILES string of the molecule is CC(C)[C@H](NC(=O)N(C)Cc1ccccn1)C(=O)N[C@@H](Cc1ccccc1)[C@@H](O)C[C@H](Cc1ccccc1)NC(=O)OC(C)(C)C. The Kier molecular flexibility index (Phi) is 13.6. The van der Waals surface area contributed by atoms with E-state index in [-0.39, 0.29) is 18.9 Å². The third-order valence-corrected chi connectivity index (χ3v) is 7.36. The van der Waals surface area contributed by atoms with Crippen molar-refractivity contribution in [3.63, 3.8) is 0 Å². The molecule has 0 saturated carbocycles. The number of nitrogens with zero attached hydrogens (tertiary/aromatic N) is 2. The van der Waals surface area contributed by atoms with Gasteiger partial charge in [-0.15, -0.1) is 0 Å². The lowest BCUT2D eigenvalue weighted by Crippen LogP contribution is -2.57. The molecule has 2 aromatic carbocycles. The second-order valence-electron chi connectivity index (χ2n) is 13.0. The lowest BCUT2D eigenvalue weighted by atomic mass is 9.93. The highest BCUT2D eigenvalue weighted by molar-refractivity contribution is 5.87. The van der Waals surface area contributed by atoms with Crippen LogP contribution in [-0.4, -0.2) is 69.9 Å². The van der Waals surface area contributed by atoms with Gasteiger partial charge < -0.3 is 30.7 Å². The molecule has 0 bridgehead atoms. The molecule has 0 aliphatic rings. The first-order valence-electron chi connectivity index (χ1n) is 15.8. The summed E-state index contributed by atoms with van der Waals surface area (Å²) in [7, 11) is 1.64. The van der Waals surface area contributed by atoms with Crippen LogP contribution in [0.2, 0.25) is 0 Å². The fourth-order valence-corrected chi connectivity index (χ4v) is 5.03. The fraction of sp³-hybridized carbons (Fsp3) is 0.444. The Morgan fingerprint density at radius 3 is 1.98 bits per heavy atom. The van der Waals surface area contributed by atoms with E-state index in [1.54, 1.807) is 40.1 Å². The number of rotatable bonds is 14. The highest BCUT2D eigenvalue weighted by atomic mass is 16.6. The number of aliphatic hydroxyl groups is 1. The van der Waals surface area contributed by atoms with Gasteiger partial charge in [0.2, 0.25) is 5.91 Å². The Balaban J connectivity index is 1.78. The van der Waals surface area contributed by atoms with Crippen LogP contribution >= 0.6 is 0 Å². The van der Waals surface area contributed by atoms with E-state index in [0.717, 1.165) is 16.8 Å². The van der Waals surface area contributed by atoms with Gasteiger partial charge >= 0.3 is 12.1 Å². The summed E-state index contributed by atoms with van der Waals surface area (Å²) in [4.78, 5) is 45.4. The van der Waals surface area contributed by atoms with E-state index < -0.39 is 47.9 Å². The number of carbonyl (C=O) groups is 3. The van der Waals surface area contributed by atoms with Crippen molar-refractivity contribution in [2.75, 3.05) is 7.05 Å². The molecule has 0 aliphatic carbocycles. The lowest BCUT2D eigenvalue weighted by molar-refractivity contribution is -0.125. The minimum atomic E-state index is -1.04. The molecule has 10 heteroatoms. The molecule has 4 N–H and O–H groups in total. The van der Waals surface area contributed by atoms with Crippen molar-refractivity contribution in [3.05, 3.63) is 102 Å². The van der Waals surface area contributed by atoms with Crippen LogP contribution in [0.5, 0.6) is 0 Å². The van der Waals surface area contributed by atoms with Gasteiger partial charge in [-0.1, -0.05) is 80.6 Å². The zero-order valence-electron chi connectivity index (χ0n) is 27.8. The van der Waals surface area contributed by atoms with Crippen molar-refractivity contribution in [1.82, 2.24) is 25.8 Å². The molecule has 248 valence electrons. The number of alkyl carbamates (subject to hydrolysis) is 1. The summed E-state index contributed by atoms with van der Waals surface area (Å²) in [6.07, 6.45) is 0.992. The van der Waals surface area contributed by atoms with Gasteiger partial charge in [0.25, 0.3) is 0 Å². The first-order chi connectivity index (χ1) is 21.8. The van der Waals surface area contributed by atoms with E-state index in [0.29, 0.717) is 12.8 Å². The third-order valence-electron chi connectivity index (χ3n) is 7.36. The van der Waals surface area contributed by atoms with Crippen LogP contribution in [0.1, 0.15) is 57.9 Å². The first-order valence-corrected chi connectivity index (χ1v) is 15.8.